The van der Waals surface area contributed by atoms with Gasteiger partial charge in [0.2, 0.25) is 5.91 Å². The molecule has 0 saturated heterocycles. The summed E-state index contributed by atoms with van der Waals surface area (Å²) in [5.41, 5.74) is 5.82. The largest absolute Gasteiger partial charge is 0.352 e. The lowest BCUT2D eigenvalue weighted by atomic mass is 9.99. The van der Waals surface area contributed by atoms with Gasteiger partial charge in [-0.05, 0) is 44.1 Å². The van der Waals surface area contributed by atoms with E-state index >= 15 is 0 Å². The van der Waals surface area contributed by atoms with E-state index in [9.17, 15) is 4.79 Å². The highest BCUT2D eigenvalue weighted by Gasteiger charge is 2.24. The Labute approximate surface area is 103 Å². The van der Waals surface area contributed by atoms with Gasteiger partial charge in [0.15, 0.2) is 0 Å². The van der Waals surface area contributed by atoms with E-state index in [0.29, 0.717) is 5.92 Å². The molecule has 0 aromatic rings. The van der Waals surface area contributed by atoms with Crippen LogP contribution in [0.15, 0.2) is 0 Å². The van der Waals surface area contributed by atoms with Gasteiger partial charge in [0, 0.05) is 6.04 Å². The first-order chi connectivity index (χ1) is 7.65. The van der Waals surface area contributed by atoms with Crippen molar-refractivity contribution < 1.29 is 4.79 Å². The Bertz CT molecular complexity index is 217. The molecule has 3 N–H and O–H groups in total. The number of rotatable bonds is 6. The monoisotopic (exact) mass is 244 g/mol. The van der Waals surface area contributed by atoms with Crippen LogP contribution in [0.1, 0.15) is 39.0 Å². The molecule has 4 heteroatoms. The molecule has 0 aliphatic heterocycles. The normalized spacial score (nSPS) is 20.7. The Morgan fingerprint density at radius 2 is 2.12 bits per heavy atom. The van der Waals surface area contributed by atoms with Crippen LogP contribution in [0.25, 0.3) is 0 Å². The summed E-state index contributed by atoms with van der Waals surface area (Å²) in [6, 6.07) is -0.0494. The number of nitrogens with two attached hydrogens (primary N) is 1. The fourth-order valence-electron chi connectivity index (χ4n) is 2.28. The standard InChI is InChI=1S/C12H24N2OS/c1-9(10-5-3-4-6-10)14-12(15)11(13)7-8-16-2/h9-11H,3-8,13H2,1-2H3,(H,14,15)/t9-,11+/m0/s1. The van der Waals surface area contributed by atoms with Crippen molar-refractivity contribution in [1.82, 2.24) is 5.32 Å². The van der Waals surface area contributed by atoms with Gasteiger partial charge in [-0.3, -0.25) is 4.79 Å². The summed E-state index contributed by atoms with van der Waals surface area (Å²) in [5, 5.41) is 3.06. The second-order valence-corrected chi connectivity index (χ2v) is 5.72. The third-order valence-electron chi connectivity index (χ3n) is 3.45. The molecule has 1 fully saturated rings. The SMILES string of the molecule is CSCC[C@@H](N)C(=O)N[C@@H](C)C1CCCC1. The number of carbonyl (C=O) groups excluding carboxylic acids is 1. The van der Waals surface area contributed by atoms with Crippen LogP contribution >= 0.6 is 11.8 Å². The van der Waals surface area contributed by atoms with Gasteiger partial charge < -0.3 is 11.1 Å². The third-order valence-corrected chi connectivity index (χ3v) is 4.09. The van der Waals surface area contributed by atoms with Crippen LogP contribution in [0.2, 0.25) is 0 Å². The Balaban J connectivity index is 2.26. The van der Waals surface area contributed by atoms with Gasteiger partial charge in [0.05, 0.1) is 6.04 Å². The van der Waals surface area contributed by atoms with Gasteiger partial charge >= 0.3 is 0 Å². The zero-order chi connectivity index (χ0) is 12.0. The molecule has 2 atom stereocenters. The summed E-state index contributed by atoms with van der Waals surface area (Å²) < 4.78 is 0. The van der Waals surface area contributed by atoms with Crippen LogP contribution in [-0.4, -0.2) is 30.0 Å². The molecule has 16 heavy (non-hydrogen) atoms. The molecule has 0 aromatic heterocycles. The molecular formula is C12H24N2OS. The van der Waals surface area contributed by atoms with E-state index in [1.54, 1.807) is 11.8 Å². The first-order valence-corrected chi connectivity index (χ1v) is 7.59. The summed E-state index contributed by atoms with van der Waals surface area (Å²) in [7, 11) is 0. The van der Waals surface area contributed by atoms with Crippen molar-refractivity contribution in [1.29, 1.82) is 0 Å². The van der Waals surface area contributed by atoms with Gasteiger partial charge in [0.1, 0.15) is 0 Å². The van der Waals surface area contributed by atoms with E-state index in [2.05, 4.69) is 12.2 Å². The molecule has 0 heterocycles. The maximum absolute atomic E-state index is 11.8. The average Bonchev–Trinajstić information content (AvgIpc) is 2.79. The van der Waals surface area contributed by atoms with Gasteiger partial charge in [-0.2, -0.15) is 11.8 Å². The van der Waals surface area contributed by atoms with E-state index in [1.807, 2.05) is 6.26 Å². The van der Waals surface area contributed by atoms with Crippen LogP contribution in [0.4, 0.5) is 0 Å². The van der Waals surface area contributed by atoms with E-state index in [4.69, 9.17) is 5.73 Å². The minimum atomic E-state index is -0.337. The number of carbonyl (C=O) groups is 1. The lowest BCUT2D eigenvalue weighted by molar-refractivity contribution is -0.123. The molecule has 1 rings (SSSR count). The minimum Gasteiger partial charge on any atom is -0.352 e. The highest BCUT2D eigenvalue weighted by Crippen LogP contribution is 2.27. The highest BCUT2D eigenvalue weighted by molar-refractivity contribution is 7.98. The van der Waals surface area contributed by atoms with Crippen molar-refractivity contribution in [2.75, 3.05) is 12.0 Å². The van der Waals surface area contributed by atoms with Crippen molar-refractivity contribution in [2.24, 2.45) is 11.7 Å². The topological polar surface area (TPSA) is 55.1 Å². The highest BCUT2D eigenvalue weighted by atomic mass is 32.2. The van der Waals surface area contributed by atoms with Gasteiger partial charge in [0.25, 0.3) is 0 Å². The van der Waals surface area contributed by atoms with E-state index in [-0.39, 0.29) is 18.0 Å². The number of thioether (sulfide) groups is 1. The molecule has 3 nitrogen and oxygen atoms in total. The molecular weight excluding hydrogens is 220 g/mol. The number of hydrogen-bond acceptors (Lipinski definition) is 3. The number of hydrogen-bond donors (Lipinski definition) is 2. The zero-order valence-corrected chi connectivity index (χ0v) is 11.2. The van der Waals surface area contributed by atoms with Crippen LogP contribution in [0.5, 0.6) is 0 Å². The van der Waals surface area contributed by atoms with Crippen LogP contribution < -0.4 is 11.1 Å². The lowest BCUT2D eigenvalue weighted by Crippen LogP contribution is -2.46. The molecule has 0 spiro atoms. The predicted molar refractivity (Wildman–Crippen MR) is 70.5 cm³/mol. The first kappa shape index (κ1) is 13.8. The smallest absolute Gasteiger partial charge is 0.237 e. The summed E-state index contributed by atoms with van der Waals surface area (Å²) in [4.78, 5) is 11.8. The molecule has 0 radical (unpaired) electrons. The molecule has 1 aliphatic carbocycles. The van der Waals surface area contributed by atoms with E-state index in [1.165, 1.54) is 25.7 Å². The third kappa shape index (κ3) is 4.34. The summed E-state index contributed by atoms with van der Waals surface area (Å²) >= 11 is 1.73. The average molecular weight is 244 g/mol. The maximum atomic E-state index is 11.8. The minimum absolute atomic E-state index is 0.0217. The van der Waals surface area contributed by atoms with Gasteiger partial charge in [-0.1, -0.05) is 12.8 Å². The van der Waals surface area contributed by atoms with Crippen LogP contribution in [-0.2, 0) is 4.79 Å². The van der Waals surface area contributed by atoms with Crippen molar-refractivity contribution >= 4 is 17.7 Å². The molecule has 0 aromatic carbocycles. The van der Waals surface area contributed by atoms with Crippen LogP contribution in [0, 0.1) is 5.92 Å². The quantitative estimate of drug-likeness (QED) is 0.748. The fraction of sp³-hybridized carbons (Fsp3) is 0.917. The van der Waals surface area contributed by atoms with Crippen molar-refractivity contribution in [3.8, 4) is 0 Å². The Hall–Kier alpha value is -0.220. The summed E-state index contributed by atoms with van der Waals surface area (Å²) in [5.74, 6) is 1.64. The summed E-state index contributed by atoms with van der Waals surface area (Å²) in [6.45, 7) is 2.11. The Morgan fingerprint density at radius 1 is 1.50 bits per heavy atom. The zero-order valence-electron chi connectivity index (χ0n) is 10.4. The van der Waals surface area contributed by atoms with Gasteiger partial charge in [-0.15, -0.1) is 0 Å². The van der Waals surface area contributed by atoms with Crippen molar-refractivity contribution in [2.45, 2.75) is 51.1 Å². The van der Waals surface area contributed by atoms with Crippen molar-refractivity contribution in [3.05, 3.63) is 0 Å². The molecule has 1 amide bonds. The molecule has 1 aliphatic rings. The van der Waals surface area contributed by atoms with Crippen molar-refractivity contribution in [3.63, 3.8) is 0 Å². The summed E-state index contributed by atoms with van der Waals surface area (Å²) in [6.07, 6.45) is 7.92. The predicted octanol–water partition coefficient (Wildman–Crippen LogP) is 1.76. The second kappa shape index (κ2) is 7.17. The second-order valence-electron chi connectivity index (χ2n) is 4.73. The Kier molecular flexibility index (Phi) is 6.21. The number of nitrogens with one attached hydrogen (secondary N) is 1. The van der Waals surface area contributed by atoms with Gasteiger partial charge in [-0.25, -0.2) is 0 Å². The molecule has 94 valence electrons. The molecule has 0 bridgehead atoms. The maximum Gasteiger partial charge on any atom is 0.237 e. The number of amides is 1. The Morgan fingerprint density at radius 3 is 2.69 bits per heavy atom. The first-order valence-electron chi connectivity index (χ1n) is 6.20. The molecule has 1 saturated carbocycles. The van der Waals surface area contributed by atoms with Crippen LogP contribution in [0.3, 0.4) is 0 Å². The molecule has 0 unspecified atom stereocenters. The van der Waals surface area contributed by atoms with E-state index in [0.717, 1.165) is 12.2 Å². The fourth-order valence-corrected chi connectivity index (χ4v) is 2.77. The van der Waals surface area contributed by atoms with E-state index < -0.39 is 0 Å². The lowest BCUT2D eigenvalue weighted by Gasteiger charge is -2.22.